The molecule has 0 saturated carbocycles. The molecule has 2 N–H and O–H groups in total. The minimum Gasteiger partial charge on any atom is -0.493 e. The van der Waals surface area contributed by atoms with E-state index in [0.717, 1.165) is 143 Å². The van der Waals surface area contributed by atoms with Crippen LogP contribution in [-0.4, -0.2) is 143 Å². The van der Waals surface area contributed by atoms with E-state index in [-0.39, 0.29) is 17.9 Å². The van der Waals surface area contributed by atoms with Crippen LogP contribution in [0.2, 0.25) is 0 Å². The molecular formula is C56H70N10O6. The first-order valence-electron chi connectivity index (χ1n) is 25.7. The number of fused-ring (bicyclic) bond motifs is 2. The van der Waals surface area contributed by atoms with Crippen molar-refractivity contribution in [2.75, 3.05) is 119 Å². The topological polar surface area (TPSA) is 148 Å². The number of likely N-dealkylation sites (tertiary alicyclic amines) is 2. The van der Waals surface area contributed by atoms with Crippen LogP contribution in [0.25, 0.3) is 11.1 Å². The first-order chi connectivity index (χ1) is 35.0. The Kier molecular flexibility index (Phi) is 16.1. The summed E-state index contributed by atoms with van der Waals surface area (Å²) in [6.45, 7) is 10.3. The van der Waals surface area contributed by atoms with Crippen LogP contribution in [0.15, 0.2) is 91.1 Å². The van der Waals surface area contributed by atoms with E-state index in [4.69, 9.17) is 19.2 Å². The van der Waals surface area contributed by atoms with Crippen LogP contribution >= 0.6 is 0 Å². The highest BCUT2D eigenvalue weighted by molar-refractivity contribution is 6.13. The first kappa shape index (κ1) is 50.0. The highest BCUT2D eigenvalue weighted by Gasteiger charge is 2.33. The minimum atomic E-state index is -0.113. The Balaban J connectivity index is 0.726. The Morgan fingerprint density at radius 3 is 2.31 bits per heavy atom. The molecule has 0 atom stereocenters. The molecule has 0 radical (unpaired) electrons. The van der Waals surface area contributed by atoms with Crippen molar-refractivity contribution in [3.63, 3.8) is 0 Å². The van der Waals surface area contributed by atoms with Gasteiger partial charge in [-0.15, -0.1) is 0 Å². The maximum Gasteiger partial charge on any atom is 0.260 e. The van der Waals surface area contributed by atoms with Crippen molar-refractivity contribution in [1.29, 1.82) is 0 Å². The number of hydrogen-bond acceptors (Lipinski definition) is 13. The number of carbonyl (C=O) groups is 3. The summed E-state index contributed by atoms with van der Waals surface area (Å²) in [7, 11) is 7.79. The molecule has 3 amide bonds. The Bertz CT molecular complexity index is 2660. The van der Waals surface area contributed by atoms with Gasteiger partial charge in [0.1, 0.15) is 29.0 Å². The lowest BCUT2D eigenvalue weighted by Crippen LogP contribution is -2.47. The molecule has 1 aromatic heterocycles. The maximum atomic E-state index is 13.9. The zero-order chi connectivity index (χ0) is 50.1. The van der Waals surface area contributed by atoms with Crippen LogP contribution in [0.4, 0.5) is 40.2 Å². The van der Waals surface area contributed by atoms with Crippen molar-refractivity contribution < 1.29 is 28.6 Å². The standard InChI is InChI=1S/C56H70N10O6/c1-6-70-52-34-43(16-19-48(52)59-56-57-36-50-53(60-56)62(4)49-11-8-7-10-47(49)55(69)63(50)5)65-31-22-41(23-32-65)54(68)66-29-20-39(21-30-66)37-64-27-24-44(25-28-64)72-45-17-18-46(40-12-14-42(15-13-40)58-38-67)51(35-45)71-33-9-26-61(2)3/h7-8,10-19,34-36,38-39,41,44H,6,9,20-33,37H2,1-5H3,(H,58,67)(H,57,59,60). The van der Waals surface area contributed by atoms with Gasteiger partial charge in [0.2, 0.25) is 18.3 Å². The van der Waals surface area contributed by atoms with E-state index in [2.05, 4.69) is 67.5 Å². The molecule has 0 aliphatic carbocycles. The van der Waals surface area contributed by atoms with E-state index in [1.165, 1.54) is 0 Å². The van der Waals surface area contributed by atoms with Crippen LogP contribution in [0.3, 0.4) is 0 Å². The zero-order valence-corrected chi connectivity index (χ0v) is 42.5. The highest BCUT2D eigenvalue weighted by Crippen LogP contribution is 2.40. The smallest absolute Gasteiger partial charge is 0.260 e. The van der Waals surface area contributed by atoms with E-state index in [9.17, 15) is 14.4 Å². The highest BCUT2D eigenvalue weighted by atomic mass is 16.5. The Hall–Kier alpha value is -6.91. The predicted molar refractivity (Wildman–Crippen MR) is 285 cm³/mol. The number of para-hydroxylation sites is 1. The number of amides is 3. The zero-order valence-electron chi connectivity index (χ0n) is 42.5. The summed E-state index contributed by atoms with van der Waals surface area (Å²) in [4.78, 5) is 60.3. The normalized spacial score (nSPS) is 17.1. The van der Waals surface area contributed by atoms with Crippen molar-refractivity contribution in [2.45, 2.75) is 58.0 Å². The number of anilines is 7. The van der Waals surface area contributed by atoms with Crippen LogP contribution in [0.5, 0.6) is 17.2 Å². The van der Waals surface area contributed by atoms with E-state index in [1.54, 1.807) is 18.1 Å². The van der Waals surface area contributed by atoms with E-state index >= 15 is 0 Å². The SMILES string of the molecule is CCOc1cc(N2CCC(C(=O)N3CCC(CN4CCC(Oc5ccc(-c6ccc(NC=O)cc6)c(OCCCN(C)C)c5)CC4)CC3)CC2)ccc1Nc1ncc2c(n1)N(C)c1ccccc1C(=O)N2C. The first-order valence-corrected chi connectivity index (χ1v) is 25.7. The molecule has 0 spiro atoms. The second-order valence-corrected chi connectivity index (χ2v) is 19.7. The van der Waals surface area contributed by atoms with E-state index in [0.29, 0.717) is 60.2 Å². The number of rotatable bonds is 18. The lowest BCUT2D eigenvalue weighted by molar-refractivity contribution is -0.137. The Morgan fingerprint density at radius 1 is 0.806 bits per heavy atom. The lowest BCUT2D eigenvalue weighted by atomic mass is 9.91. The molecule has 4 aliphatic heterocycles. The maximum absolute atomic E-state index is 13.9. The lowest BCUT2D eigenvalue weighted by Gasteiger charge is -2.40. The fourth-order valence-electron chi connectivity index (χ4n) is 10.5. The molecule has 3 fully saturated rings. The quantitative estimate of drug-likeness (QED) is 0.0639. The molecule has 5 aromatic rings. The number of ether oxygens (including phenoxy) is 3. The average Bonchev–Trinajstić information content (AvgIpc) is 3.48. The molecule has 4 aliphatic rings. The Labute approximate surface area is 424 Å². The number of nitrogens with one attached hydrogen (secondary N) is 2. The summed E-state index contributed by atoms with van der Waals surface area (Å²) >= 11 is 0. The summed E-state index contributed by atoms with van der Waals surface area (Å²) in [5, 5.41) is 6.08. The third kappa shape index (κ3) is 11.7. The molecule has 16 nitrogen and oxygen atoms in total. The molecule has 5 heterocycles. The summed E-state index contributed by atoms with van der Waals surface area (Å²) in [5.74, 6) is 4.15. The summed E-state index contributed by atoms with van der Waals surface area (Å²) < 4.78 is 19.1. The van der Waals surface area contributed by atoms with Gasteiger partial charge in [-0.3, -0.25) is 14.4 Å². The van der Waals surface area contributed by atoms with E-state index < -0.39 is 0 Å². The number of carbonyl (C=O) groups excluding carboxylic acids is 3. The predicted octanol–water partition coefficient (Wildman–Crippen LogP) is 8.54. The van der Waals surface area contributed by atoms with Crippen molar-refractivity contribution in [2.24, 2.45) is 11.8 Å². The monoisotopic (exact) mass is 979 g/mol. The molecule has 0 unspecified atom stereocenters. The van der Waals surface area contributed by atoms with Crippen molar-refractivity contribution >= 4 is 58.4 Å². The van der Waals surface area contributed by atoms with Gasteiger partial charge in [0.25, 0.3) is 5.91 Å². The van der Waals surface area contributed by atoms with E-state index in [1.807, 2.05) is 85.6 Å². The number of piperidine rings is 3. The molecule has 0 bridgehead atoms. The van der Waals surface area contributed by atoms with Crippen LogP contribution < -0.4 is 39.5 Å². The fraction of sp³-hybridized carbons (Fsp3) is 0.446. The molecule has 72 heavy (non-hydrogen) atoms. The second kappa shape index (κ2) is 23.1. The molecule has 9 rings (SSSR count). The van der Waals surface area contributed by atoms with Gasteiger partial charge in [-0.05, 0) is 126 Å². The van der Waals surface area contributed by atoms with Gasteiger partial charge in [-0.2, -0.15) is 4.98 Å². The van der Waals surface area contributed by atoms with Crippen LogP contribution in [0.1, 0.15) is 62.2 Å². The van der Waals surface area contributed by atoms with Crippen molar-refractivity contribution in [1.82, 2.24) is 24.7 Å². The summed E-state index contributed by atoms with van der Waals surface area (Å²) in [5.41, 5.74) is 6.56. The molecule has 3 saturated heterocycles. The number of hydrogen-bond donors (Lipinski definition) is 2. The minimum absolute atomic E-state index is 0.0363. The van der Waals surface area contributed by atoms with Gasteiger partial charge < -0.3 is 54.2 Å². The van der Waals surface area contributed by atoms with Gasteiger partial charge in [0.05, 0.1) is 36.3 Å². The van der Waals surface area contributed by atoms with Gasteiger partial charge >= 0.3 is 0 Å². The number of nitrogens with zero attached hydrogens (tertiary/aromatic N) is 8. The van der Waals surface area contributed by atoms with Crippen molar-refractivity contribution in [3.05, 3.63) is 96.7 Å². The fourth-order valence-corrected chi connectivity index (χ4v) is 10.5. The third-order valence-corrected chi connectivity index (χ3v) is 14.6. The molecular weight excluding hydrogens is 909 g/mol. The van der Waals surface area contributed by atoms with Crippen LogP contribution in [-0.2, 0) is 9.59 Å². The van der Waals surface area contributed by atoms with Crippen molar-refractivity contribution in [3.8, 4) is 28.4 Å². The summed E-state index contributed by atoms with van der Waals surface area (Å²) in [6.07, 6.45) is 9.08. The van der Waals surface area contributed by atoms with Gasteiger partial charge in [0.15, 0.2) is 5.82 Å². The number of aromatic nitrogens is 2. The van der Waals surface area contributed by atoms with Gasteiger partial charge in [-0.1, -0.05) is 24.3 Å². The molecule has 380 valence electrons. The Morgan fingerprint density at radius 2 is 1.57 bits per heavy atom. The third-order valence-electron chi connectivity index (χ3n) is 14.6. The molecule has 16 heteroatoms. The van der Waals surface area contributed by atoms with Crippen LogP contribution in [0, 0.1) is 11.8 Å². The average molecular weight is 979 g/mol. The summed E-state index contributed by atoms with van der Waals surface area (Å²) in [6, 6.07) is 27.6. The number of benzene rings is 4. The largest absolute Gasteiger partial charge is 0.493 e. The molecule has 4 aromatic carbocycles. The second-order valence-electron chi connectivity index (χ2n) is 19.7. The van der Waals surface area contributed by atoms with Gasteiger partial charge in [-0.25, -0.2) is 4.98 Å². The van der Waals surface area contributed by atoms with Gasteiger partial charge in [0, 0.05) is 101 Å².